The molecule has 1 amide bonds. The van der Waals surface area contributed by atoms with Crippen LogP contribution in [0.5, 0.6) is 0 Å². The number of carbonyl (C=O) groups is 1. The molecule has 1 aliphatic rings. The van der Waals surface area contributed by atoms with Gasteiger partial charge in [0.1, 0.15) is 6.54 Å². The van der Waals surface area contributed by atoms with E-state index < -0.39 is 4.92 Å². The zero-order chi connectivity index (χ0) is 17.8. The Labute approximate surface area is 147 Å². The molecule has 2 atom stereocenters. The molecule has 0 bridgehead atoms. The first-order chi connectivity index (χ1) is 12.1. The standard InChI is InChI=1S/C19H25N3O3/c1-2-3-5-14-6-4-7-17(14)20-19(23)13-21-11-10-15-12-16(22(24)25)8-9-18(15)21/h8-12,14,17H,2-7,13H2,1H3,(H,20,23). The predicted octanol–water partition coefficient (Wildman–Crippen LogP) is 4.02. The molecule has 0 saturated heterocycles. The van der Waals surface area contributed by atoms with E-state index in [0.717, 1.165) is 17.3 Å². The highest BCUT2D eigenvalue weighted by Gasteiger charge is 2.27. The van der Waals surface area contributed by atoms with Crippen molar-refractivity contribution in [3.8, 4) is 0 Å². The number of nitro benzene ring substituents is 1. The maximum Gasteiger partial charge on any atom is 0.270 e. The fraction of sp³-hybridized carbons (Fsp3) is 0.526. The van der Waals surface area contributed by atoms with Crippen molar-refractivity contribution >= 4 is 22.5 Å². The molecule has 0 radical (unpaired) electrons. The molecule has 6 nitrogen and oxygen atoms in total. The molecule has 3 rings (SSSR count). The van der Waals surface area contributed by atoms with Gasteiger partial charge in [0.2, 0.25) is 5.91 Å². The third-order valence-corrected chi connectivity index (χ3v) is 5.21. The minimum Gasteiger partial charge on any atom is -0.352 e. The van der Waals surface area contributed by atoms with E-state index in [4.69, 9.17) is 0 Å². The van der Waals surface area contributed by atoms with E-state index in [1.807, 2.05) is 16.8 Å². The predicted molar refractivity (Wildman–Crippen MR) is 97.4 cm³/mol. The molecule has 134 valence electrons. The molecule has 1 saturated carbocycles. The largest absolute Gasteiger partial charge is 0.352 e. The minimum absolute atomic E-state index is 0.0178. The number of hydrogen-bond donors (Lipinski definition) is 1. The third kappa shape index (κ3) is 4.00. The number of fused-ring (bicyclic) bond motifs is 1. The van der Waals surface area contributed by atoms with Crippen molar-refractivity contribution in [2.45, 2.75) is 58.0 Å². The van der Waals surface area contributed by atoms with Crippen molar-refractivity contribution in [3.05, 3.63) is 40.6 Å². The Morgan fingerprint density at radius 2 is 2.20 bits per heavy atom. The van der Waals surface area contributed by atoms with Crippen molar-refractivity contribution in [1.82, 2.24) is 9.88 Å². The number of amides is 1. The van der Waals surface area contributed by atoms with E-state index in [2.05, 4.69) is 12.2 Å². The molecule has 1 N–H and O–H groups in total. The maximum atomic E-state index is 12.5. The van der Waals surface area contributed by atoms with Crippen LogP contribution < -0.4 is 5.32 Å². The van der Waals surface area contributed by atoms with Gasteiger partial charge in [0.15, 0.2) is 0 Å². The Morgan fingerprint density at radius 1 is 1.36 bits per heavy atom. The van der Waals surface area contributed by atoms with E-state index in [1.165, 1.54) is 38.2 Å². The van der Waals surface area contributed by atoms with Crippen LogP contribution in [0.25, 0.3) is 10.9 Å². The second-order valence-electron chi connectivity index (χ2n) is 6.95. The Balaban J connectivity index is 1.65. The Kier molecular flexibility index (Phi) is 5.36. The molecule has 2 unspecified atom stereocenters. The van der Waals surface area contributed by atoms with Gasteiger partial charge in [0, 0.05) is 35.3 Å². The van der Waals surface area contributed by atoms with Crippen LogP contribution in [0.15, 0.2) is 30.5 Å². The summed E-state index contributed by atoms with van der Waals surface area (Å²) in [6, 6.07) is 6.84. The lowest BCUT2D eigenvalue weighted by atomic mass is 9.97. The van der Waals surface area contributed by atoms with Crippen LogP contribution >= 0.6 is 0 Å². The van der Waals surface area contributed by atoms with Gasteiger partial charge < -0.3 is 9.88 Å². The zero-order valence-corrected chi connectivity index (χ0v) is 14.6. The second-order valence-corrected chi connectivity index (χ2v) is 6.95. The molecule has 0 spiro atoms. The summed E-state index contributed by atoms with van der Waals surface area (Å²) in [6.07, 6.45) is 8.89. The van der Waals surface area contributed by atoms with Crippen LogP contribution in [-0.2, 0) is 11.3 Å². The number of nitrogens with one attached hydrogen (secondary N) is 1. The Morgan fingerprint density at radius 3 is 2.96 bits per heavy atom. The molecule has 1 aromatic heterocycles. The number of aromatic nitrogens is 1. The zero-order valence-electron chi connectivity index (χ0n) is 14.6. The molecule has 1 fully saturated rings. The number of rotatable bonds is 7. The normalized spacial score (nSPS) is 20.0. The monoisotopic (exact) mass is 343 g/mol. The molecular formula is C19H25N3O3. The van der Waals surface area contributed by atoms with Crippen LogP contribution in [0.1, 0.15) is 45.4 Å². The molecule has 2 aromatic rings. The highest BCUT2D eigenvalue weighted by atomic mass is 16.6. The number of benzene rings is 1. The number of hydrogen-bond acceptors (Lipinski definition) is 3. The smallest absolute Gasteiger partial charge is 0.270 e. The van der Waals surface area contributed by atoms with Crippen molar-refractivity contribution in [2.24, 2.45) is 5.92 Å². The molecule has 0 aliphatic heterocycles. The van der Waals surface area contributed by atoms with E-state index in [-0.39, 0.29) is 18.1 Å². The van der Waals surface area contributed by atoms with Crippen LogP contribution in [0.2, 0.25) is 0 Å². The number of unbranched alkanes of at least 4 members (excludes halogenated alkanes) is 1. The number of nitro groups is 1. The summed E-state index contributed by atoms with van der Waals surface area (Å²) in [5.41, 5.74) is 0.911. The van der Waals surface area contributed by atoms with Gasteiger partial charge in [0.05, 0.1) is 4.92 Å². The summed E-state index contributed by atoms with van der Waals surface area (Å²) in [5.74, 6) is 0.622. The fourth-order valence-electron chi connectivity index (χ4n) is 3.88. The van der Waals surface area contributed by atoms with Gasteiger partial charge in [-0.1, -0.05) is 26.2 Å². The average Bonchev–Trinajstić information content (AvgIpc) is 3.19. The first-order valence-electron chi connectivity index (χ1n) is 9.11. The average molecular weight is 343 g/mol. The first-order valence-corrected chi connectivity index (χ1v) is 9.11. The van der Waals surface area contributed by atoms with Crippen molar-refractivity contribution < 1.29 is 9.72 Å². The van der Waals surface area contributed by atoms with Crippen LogP contribution in [0.3, 0.4) is 0 Å². The second kappa shape index (κ2) is 7.68. The van der Waals surface area contributed by atoms with Crippen molar-refractivity contribution in [1.29, 1.82) is 0 Å². The van der Waals surface area contributed by atoms with Gasteiger partial charge in [-0.2, -0.15) is 0 Å². The van der Waals surface area contributed by atoms with E-state index in [0.29, 0.717) is 12.0 Å². The molecule has 1 aliphatic carbocycles. The highest BCUT2D eigenvalue weighted by Crippen LogP contribution is 2.30. The number of non-ortho nitro benzene ring substituents is 1. The molecule has 6 heteroatoms. The first kappa shape index (κ1) is 17.5. The van der Waals surface area contributed by atoms with Gasteiger partial charge in [-0.3, -0.25) is 14.9 Å². The summed E-state index contributed by atoms with van der Waals surface area (Å²) in [7, 11) is 0. The number of nitrogens with zero attached hydrogens (tertiary/aromatic N) is 2. The Hall–Kier alpha value is -2.37. The highest BCUT2D eigenvalue weighted by molar-refractivity contribution is 5.85. The minimum atomic E-state index is -0.403. The van der Waals surface area contributed by atoms with Crippen LogP contribution in [0, 0.1) is 16.0 Å². The summed E-state index contributed by atoms with van der Waals surface area (Å²) in [4.78, 5) is 22.9. The van der Waals surface area contributed by atoms with Crippen molar-refractivity contribution in [2.75, 3.05) is 0 Å². The van der Waals surface area contributed by atoms with Gasteiger partial charge in [-0.15, -0.1) is 0 Å². The summed E-state index contributed by atoms with van der Waals surface area (Å²) in [6.45, 7) is 2.45. The van der Waals surface area contributed by atoms with Gasteiger partial charge in [-0.05, 0) is 37.3 Å². The molecule has 1 aromatic carbocycles. The topological polar surface area (TPSA) is 77.2 Å². The van der Waals surface area contributed by atoms with Crippen molar-refractivity contribution in [3.63, 3.8) is 0 Å². The van der Waals surface area contributed by atoms with Gasteiger partial charge in [-0.25, -0.2) is 0 Å². The van der Waals surface area contributed by atoms with E-state index in [1.54, 1.807) is 12.1 Å². The SMILES string of the molecule is CCCCC1CCCC1NC(=O)Cn1ccc2cc([N+](=O)[O-])ccc21. The van der Waals surface area contributed by atoms with Gasteiger partial charge >= 0.3 is 0 Å². The Bertz CT molecular complexity index is 768. The third-order valence-electron chi connectivity index (χ3n) is 5.21. The van der Waals surface area contributed by atoms with E-state index >= 15 is 0 Å². The lowest BCUT2D eigenvalue weighted by Crippen LogP contribution is -2.39. The molecule has 25 heavy (non-hydrogen) atoms. The maximum absolute atomic E-state index is 12.5. The fourth-order valence-corrected chi connectivity index (χ4v) is 3.88. The van der Waals surface area contributed by atoms with Crippen LogP contribution in [-0.4, -0.2) is 21.4 Å². The van der Waals surface area contributed by atoms with Crippen LogP contribution in [0.4, 0.5) is 5.69 Å². The quantitative estimate of drug-likeness (QED) is 0.609. The number of carbonyl (C=O) groups excluding carboxylic acids is 1. The summed E-state index contributed by atoms with van der Waals surface area (Å²) in [5, 5.41) is 14.8. The summed E-state index contributed by atoms with van der Waals surface area (Å²) < 4.78 is 1.85. The molecule has 1 heterocycles. The summed E-state index contributed by atoms with van der Waals surface area (Å²) >= 11 is 0. The lowest BCUT2D eigenvalue weighted by Gasteiger charge is -2.21. The lowest BCUT2D eigenvalue weighted by molar-refractivity contribution is -0.384. The van der Waals surface area contributed by atoms with Gasteiger partial charge in [0.25, 0.3) is 5.69 Å². The molecular weight excluding hydrogens is 318 g/mol. The van der Waals surface area contributed by atoms with E-state index in [9.17, 15) is 14.9 Å².